The number of nitrogens with one attached hydrogen (secondary N) is 1. The van der Waals surface area contributed by atoms with E-state index in [1.165, 1.54) is 0 Å². The number of amides is 2. The van der Waals surface area contributed by atoms with Crippen molar-refractivity contribution >= 4 is 29.2 Å². The van der Waals surface area contributed by atoms with Crippen LogP contribution in [0.2, 0.25) is 5.02 Å². The maximum atomic E-state index is 13.2. The summed E-state index contributed by atoms with van der Waals surface area (Å²) in [5.41, 5.74) is 1.49. The molecule has 0 spiro atoms. The first-order valence-electron chi connectivity index (χ1n) is 10.7. The van der Waals surface area contributed by atoms with Crippen molar-refractivity contribution < 1.29 is 18.8 Å². The number of benzene rings is 2. The Morgan fingerprint density at radius 2 is 1.82 bits per heavy atom. The fraction of sp³-hybridized carbons (Fsp3) is 0.292. The highest BCUT2D eigenvalue weighted by atomic mass is 35.5. The zero-order chi connectivity index (χ0) is 23.2. The van der Waals surface area contributed by atoms with Crippen molar-refractivity contribution in [2.24, 2.45) is 0 Å². The fourth-order valence-corrected chi connectivity index (χ4v) is 3.73. The molecule has 2 heterocycles. The zero-order valence-electron chi connectivity index (χ0n) is 18.3. The molecule has 9 heteroatoms. The summed E-state index contributed by atoms with van der Waals surface area (Å²) in [6.07, 6.45) is 0. The summed E-state index contributed by atoms with van der Waals surface area (Å²) in [6.45, 7) is 4.60. The number of anilines is 1. The zero-order valence-corrected chi connectivity index (χ0v) is 19.0. The molecule has 3 aromatic rings. The van der Waals surface area contributed by atoms with E-state index in [0.29, 0.717) is 60.7 Å². The number of carbonyl (C=O) groups is 2. The number of halogens is 1. The quantitative estimate of drug-likeness (QED) is 0.570. The number of rotatable bonds is 7. The molecule has 8 nitrogen and oxygen atoms in total. The number of hydrogen-bond donors (Lipinski definition) is 1. The lowest BCUT2D eigenvalue weighted by atomic mass is 10.1. The van der Waals surface area contributed by atoms with E-state index in [4.69, 9.17) is 20.9 Å². The summed E-state index contributed by atoms with van der Waals surface area (Å²) in [7, 11) is 0. The number of aryl methyl sites for hydroxylation is 1. The molecule has 0 unspecified atom stereocenters. The van der Waals surface area contributed by atoms with Crippen LogP contribution in [0.15, 0.2) is 59.1 Å². The number of nitrogens with zero attached hydrogens (tertiary/aromatic N) is 3. The topological polar surface area (TPSA) is 87.9 Å². The maximum Gasteiger partial charge on any atom is 0.257 e. The molecule has 1 fully saturated rings. The molecule has 1 aliphatic rings. The van der Waals surface area contributed by atoms with Gasteiger partial charge in [0, 0.05) is 37.3 Å². The van der Waals surface area contributed by atoms with Gasteiger partial charge in [-0.1, -0.05) is 41.0 Å². The second-order valence-corrected chi connectivity index (χ2v) is 8.29. The van der Waals surface area contributed by atoms with E-state index in [9.17, 15) is 9.59 Å². The van der Waals surface area contributed by atoms with E-state index in [-0.39, 0.29) is 18.4 Å². The van der Waals surface area contributed by atoms with E-state index in [2.05, 4.69) is 10.5 Å². The van der Waals surface area contributed by atoms with E-state index in [1.807, 2.05) is 41.3 Å². The summed E-state index contributed by atoms with van der Waals surface area (Å²) in [5.74, 6) is 1.34. The number of carbonyl (C=O) groups excluding carboxylic acids is 2. The maximum absolute atomic E-state index is 13.2. The van der Waals surface area contributed by atoms with Crippen molar-refractivity contribution in [3.8, 4) is 5.75 Å². The predicted octanol–water partition coefficient (Wildman–Crippen LogP) is 3.61. The first-order chi connectivity index (χ1) is 16.0. The van der Waals surface area contributed by atoms with Crippen molar-refractivity contribution in [3.05, 3.63) is 76.5 Å². The van der Waals surface area contributed by atoms with Crippen LogP contribution in [0.1, 0.15) is 21.7 Å². The Balaban J connectivity index is 1.30. The second kappa shape index (κ2) is 10.5. The minimum atomic E-state index is -0.163. The third kappa shape index (κ3) is 6.12. The van der Waals surface area contributed by atoms with Gasteiger partial charge in [0.1, 0.15) is 18.1 Å². The molecule has 0 atom stereocenters. The Morgan fingerprint density at radius 1 is 1.09 bits per heavy atom. The van der Waals surface area contributed by atoms with Crippen LogP contribution in [0.4, 0.5) is 5.82 Å². The van der Waals surface area contributed by atoms with E-state index in [1.54, 1.807) is 30.0 Å². The van der Waals surface area contributed by atoms with Gasteiger partial charge in [-0.05, 0) is 36.8 Å². The minimum Gasteiger partial charge on any atom is -0.488 e. The van der Waals surface area contributed by atoms with Gasteiger partial charge in [-0.2, -0.15) is 0 Å². The largest absolute Gasteiger partial charge is 0.488 e. The number of para-hydroxylation sites is 1. The Bertz CT molecular complexity index is 1110. The first-order valence-corrected chi connectivity index (χ1v) is 11.1. The van der Waals surface area contributed by atoms with Crippen LogP contribution in [0.5, 0.6) is 5.75 Å². The van der Waals surface area contributed by atoms with Gasteiger partial charge in [-0.15, -0.1) is 0 Å². The molecule has 1 N–H and O–H groups in total. The Kier molecular flexibility index (Phi) is 7.26. The van der Waals surface area contributed by atoms with Crippen molar-refractivity contribution in [2.75, 3.05) is 38.0 Å². The molecule has 0 bridgehead atoms. The fourth-order valence-electron chi connectivity index (χ4n) is 3.60. The molecular formula is C24H25ClN4O4. The average molecular weight is 469 g/mol. The number of piperazine rings is 1. The minimum absolute atomic E-state index is 0.0797. The van der Waals surface area contributed by atoms with Crippen LogP contribution in [-0.4, -0.2) is 59.5 Å². The van der Waals surface area contributed by atoms with Crippen LogP contribution in [0.25, 0.3) is 0 Å². The van der Waals surface area contributed by atoms with Gasteiger partial charge in [0.2, 0.25) is 5.91 Å². The summed E-state index contributed by atoms with van der Waals surface area (Å²) < 4.78 is 10.9. The molecule has 0 aliphatic carbocycles. The van der Waals surface area contributed by atoms with E-state index in [0.717, 1.165) is 5.56 Å². The van der Waals surface area contributed by atoms with Gasteiger partial charge in [0.15, 0.2) is 5.82 Å². The predicted molar refractivity (Wildman–Crippen MR) is 124 cm³/mol. The van der Waals surface area contributed by atoms with Crippen LogP contribution in [-0.2, 0) is 11.4 Å². The van der Waals surface area contributed by atoms with Crippen LogP contribution in [0, 0.1) is 6.92 Å². The van der Waals surface area contributed by atoms with Gasteiger partial charge in [-0.3, -0.25) is 14.5 Å². The lowest BCUT2D eigenvalue weighted by Crippen LogP contribution is -2.50. The first kappa shape index (κ1) is 22.8. The Hall–Kier alpha value is -3.36. The van der Waals surface area contributed by atoms with Crippen LogP contribution in [0.3, 0.4) is 0 Å². The SMILES string of the molecule is Cc1cc(NC(=O)CN2CCN(C(=O)c3ccccc3OCc3ccc(Cl)cc3)CC2)no1. The second-order valence-electron chi connectivity index (χ2n) is 7.85. The van der Waals surface area contributed by atoms with Gasteiger partial charge >= 0.3 is 0 Å². The van der Waals surface area contributed by atoms with Crippen LogP contribution >= 0.6 is 11.6 Å². The standard InChI is InChI=1S/C24H25ClN4O4/c1-17-14-22(27-33-17)26-23(30)15-28-10-12-29(13-11-28)24(31)20-4-2-3-5-21(20)32-16-18-6-8-19(25)9-7-18/h2-9,14H,10-13,15-16H2,1H3,(H,26,27,30). The number of aromatic nitrogens is 1. The molecule has 4 rings (SSSR count). The third-order valence-corrected chi connectivity index (χ3v) is 5.60. The molecule has 33 heavy (non-hydrogen) atoms. The van der Waals surface area contributed by atoms with Crippen molar-refractivity contribution in [2.45, 2.75) is 13.5 Å². The van der Waals surface area contributed by atoms with Crippen LogP contribution < -0.4 is 10.1 Å². The van der Waals surface area contributed by atoms with Crippen molar-refractivity contribution in [1.29, 1.82) is 0 Å². The number of ether oxygens (including phenoxy) is 1. The summed E-state index contributed by atoms with van der Waals surface area (Å²) in [6, 6.07) is 16.3. The third-order valence-electron chi connectivity index (χ3n) is 5.35. The molecule has 1 saturated heterocycles. The smallest absolute Gasteiger partial charge is 0.257 e. The average Bonchev–Trinajstić information content (AvgIpc) is 3.23. The van der Waals surface area contributed by atoms with E-state index < -0.39 is 0 Å². The summed E-state index contributed by atoms with van der Waals surface area (Å²) in [4.78, 5) is 29.2. The van der Waals surface area contributed by atoms with Crippen molar-refractivity contribution in [1.82, 2.24) is 15.0 Å². The highest BCUT2D eigenvalue weighted by Crippen LogP contribution is 2.22. The summed E-state index contributed by atoms with van der Waals surface area (Å²) >= 11 is 5.93. The molecule has 1 aromatic heterocycles. The molecule has 1 aliphatic heterocycles. The van der Waals surface area contributed by atoms with Gasteiger partial charge < -0.3 is 19.5 Å². The molecule has 0 saturated carbocycles. The molecule has 2 aromatic carbocycles. The molecular weight excluding hydrogens is 444 g/mol. The number of hydrogen-bond acceptors (Lipinski definition) is 6. The lowest BCUT2D eigenvalue weighted by molar-refractivity contribution is -0.117. The highest BCUT2D eigenvalue weighted by molar-refractivity contribution is 6.30. The normalized spacial score (nSPS) is 14.2. The van der Waals surface area contributed by atoms with E-state index >= 15 is 0 Å². The molecule has 172 valence electrons. The highest BCUT2D eigenvalue weighted by Gasteiger charge is 2.25. The molecule has 0 radical (unpaired) electrons. The van der Waals surface area contributed by atoms with Crippen molar-refractivity contribution in [3.63, 3.8) is 0 Å². The Morgan fingerprint density at radius 3 is 2.52 bits per heavy atom. The summed E-state index contributed by atoms with van der Waals surface area (Å²) in [5, 5.41) is 7.15. The van der Waals surface area contributed by atoms with Gasteiger partial charge in [-0.25, -0.2) is 0 Å². The van der Waals surface area contributed by atoms with Gasteiger partial charge in [0.25, 0.3) is 5.91 Å². The lowest BCUT2D eigenvalue weighted by Gasteiger charge is -2.34. The monoisotopic (exact) mass is 468 g/mol. The Labute approximate surface area is 197 Å². The molecule has 2 amide bonds. The van der Waals surface area contributed by atoms with Gasteiger partial charge in [0.05, 0.1) is 12.1 Å².